The Balaban J connectivity index is 0.00000231. The Kier molecular flexibility index (Phi) is 11.1. The first kappa shape index (κ1) is 32.8. The third kappa shape index (κ3) is 7.75. The summed E-state index contributed by atoms with van der Waals surface area (Å²) in [5.74, 6) is -0.511. The Morgan fingerprint density at radius 2 is 1.71 bits per heavy atom. The minimum atomic E-state index is -4.80. The van der Waals surface area contributed by atoms with Crippen LogP contribution >= 0.6 is 24.8 Å². The quantitative estimate of drug-likeness (QED) is 0.359. The molecule has 7 nitrogen and oxygen atoms in total. The van der Waals surface area contributed by atoms with Crippen molar-refractivity contribution in [2.45, 2.75) is 31.8 Å². The molecule has 0 spiro atoms. The molecule has 2 aliphatic rings. The molecule has 224 valence electrons. The van der Waals surface area contributed by atoms with Crippen molar-refractivity contribution < 1.29 is 22.7 Å². The number of nitrogens with zero attached hydrogens (tertiary/aromatic N) is 3. The van der Waals surface area contributed by atoms with E-state index < -0.39 is 6.36 Å². The Bertz CT molecular complexity index is 1310. The summed E-state index contributed by atoms with van der Waals surface area (Å²) >= 11 is 0. The third-order valence-electron chi connectivity index (χ3n) is 7.48. The van der Waals surface area contributed by atoms with E-state index in [1.165, 1.54) is 23.8 Å². The summed E-state index contributed by atoms with van der Waals surface area (Å²) in [4.78, 5) is 17.7. The van der Waals surface area contributed by atoms with Gasteiger partial charge in [-0.15, -0.1) is 38.0 Å². The van der Waals surface area contributed by atoms with Gasteiger partial charge in [0.05, 0.1) is 11.7 Å². The van der Waals surface area contributed by atoms with Crippen LogP contribution in [-0.2, 0) is 6.54 Å². The molecule has 1 saturated heterocycles. The fourth-order valence-electron chi connectivity index (χ4n) is 5.46. The first-order valence-corrected chi connectivity index (χ1v) is 13.3. The molecule has 41 heavy (non-hydrogen) atoms. The second kappa shape index (κ2) is 13.9. The maximum Gasteiger partial charge on any atom is 0.573 e. The van der Waals surface area contributed by atoms with E-state index in [2.05, 4.69) is 39.0 Å². The van der Waals surface area contributed by atoms with Crippen LogP contribution in [0.25, 0.3) is 22.4 Å². The van der Waals surface area contributed by atoms with Gasteiger partial charge in [-0.25, -0.2) is 0 Å². The SMILES string of the molecule is CN1CCN(Cc2ccc(-c3c(-c4cccc(OC(F)(F)F)c4)cc4n3[C@@H](CCCN)CNC4=O)cc2)CC1.Cl.Cl. The Morgan fingerprint density at radius 1 is 1.00 bits per heavy atom. The van der Waals surface area contributed by atoms with E-state index >= 15 is 0 Å². The number of nitrogens with one attached hydrogen (secondary N) is 1. The predicted octanol–water partition coefficient (Wildman–Crippen LogP) is 5.34. The standard InChI is InChI=1S/C29H34F3N5O2.2ClH/c1-35-12-14-36(15-13-35)19-20-7-9-21(10-8-20)27-25(22-4-2-6-24(16-22)39-29(30,31)32)17-26-28(38)34-18-23(37(26)27)5-3-11-33;;/h2,4,6-10,16-17,23H,3,5,11-15,18-19,33H2,1H3,(H,34,38);2*1H/t23-;;/m0../s1. The number of carbonyl (C=O) groups excluding carboxylic acids is 1. The van der Waals surface area contributed by atoms with Gasteiger partial charge in [-0.05, 0) is 61.3 Å². The number of likely N-dealkylation sites (N-methyl/N-ethyl adjacent to an activating group) is 1. The summed E-state index contributed by atoms with van der Waals surface area (Å²) in [6.07, 6.45) is -3.25. The highest BCUT2D eigenvalue weighted by atomic mass is 35.5. The van der Waals surface area contributed by atoms with Crippen LogP contribution in [0, 0.1) is 0 Å². The van der Waals surface area contributed by atoms with Crippen LogP contribution in [0.1, 0.15) is 34.9 Å². The van der Waals surface area contributed by atoms with Gasteiger partial charge >= 0.3 is 6.36 Å². The van der Waals surface area contributed by atoms with E-state index in [9.17, 15) is 18.0 Å². The van der Waals surface area contributed by atoms with Crippen molar-refractivity contribution in [2.24, 2.45) is 5.73 Å². The van der Waals surface area contributed by atoms with Gasteiger partial charge in [0.2, 0.25) is 0 Å². The van der Waals surface area contributed by atoms with Crippen molar-refractivity contribution in [1.29, 1.82) is 0 Å². The lowest BCUT2D eigenvalue weighted by molar-refractivity contribution is -0.274. The van der Waals surface area contributed by atoms with Crippen molar-refractivity contribution in [3.8, 4) is 28.1 Å². The molecule has 2 aromatic carbocycles. The Hall–Kier alpha value is -2.76. The van der Waals surface area contributed by atoms with E-state index in [0.717, 1.165) is 56.8 Å². The summed E-state index contributed by atoms with van der Waals surface area (Å²) in [5, 5.41) is 2.96. The molecular weight excluding hydrogens is 578 g/mol. The van der Waals surface area contributed by atoms with E-state index in [1.807, 2.05) is 16.7 Å². The zero-order valence-corrected chi connectivity index (χ0v) is 24.5. The van der Waals surface area contributed by atoms with Gasteiger partial charge in [-0.1, -0.05) is 36.4 Å². The number of alkyl halides is 3. The molecule has 0 bridgehead atoms. The first-order chi connectivity index (χ1) is 18.7. The molecule has 3 heterocycles. The normalized spacial score (nSPS) is 17.7. The number of amides is 1. The zero-order chi connectivity index (χ0) is 27.6. The summed E-state index contributed by atoms with van der Waals surface area (Å²) in [6, 6.07) is 15.9. The van der Waals surface area contributed by atoms with E-state index in [1.54, 1.807) is 12.1 Å². The number of ether oxygens (including phenoxy) is 1. The highest BCUT2D eigenvalue weighted by Gasteiger charge is 2.33. The minimum Gasteiger partial charge on any atom is -0.406 e. The number of aromatic nitrogens is 1. The Morgan fingerprint density at radius 3 is 2.37 bits per heavy atom. The molecule has 0 saturated carbocycles. The number of halogens is 5. The highest BCUT2D eigenvalue weighted by Crippen LogP contribution is 2.41. The van der Waals surface area contributed by atoms with Crippen molar-refractivity contribution in [3.05, 3.63) is 65.9 Å². The second-order valence-corrected chi connectivity index (χ2v) is 10.3. The Labute approximate surface area is 250 Å². The molecular formula is C29H36Cl2F3N5O2. The molecule has 5 rings (SSSR count). The van der Waals surface area contributed by atoms with Crippen LogP contribution in [0.15, 0.2) is 54.6 Å². The average Bonchev–Trinajstić information content (AvgIpc) is 3.31. The van der Waals surface area contributed by atoms with Gasteiger partial charge in [0.15, 0.2) is 0 Å². The smallest absolute Gasteiger partial charge is 0.406 e. The number of hydrogen-bond acceptors (Lipinski definition) is 5. The highest BCUT2D eigenvalue weighted by molar-refractivity contribution is 5.98. The number of benzene rings is 2. The largest absolute Gasteiger partial charge is 0.573 e. The van der Waals surface area contributed by atoms with Crippen LogP contribution in [0.4, 0.5) is 13.2 Å². The van der Waals surface area contributed by atoms with Gasteiger partial charge in [-0.2, -0.15) is 0 Å². The molecule has 0 unspecified atom stereocenters. The van der Waals surface area contributed by atoms with Crippen molar-refractivity contribution in [1.82, 2.24) is 19.7 Å². The van der Waals surface area contributed by atoms with E-state index in [4.69, 9.17) is 5.73 Å². The maximum absolute atomic E-state index is 13.0. The second-order valence-electron chi connectivity index (χ2n) is 10.3. The average molecular weight is 615 g/mol. The first-order valence-electron chi connectivity index (χ1n) is 13.3. The van der Waals surface area contributed by atoms with E-state index in [0.29, 0.717) is 29.9 Å². The summed E-state index contributed by atoms with van der Waals surface area (Å²) < 4.78 is 45.1. The zero-order valence-electron chi connectivity index (χ0n) is 22.8. The number of rotatable bonds is 8. The number of hydrogen-bond donors (Lipinski definition) is 2. The van der Waals surface area contributed by atoms with Crippen molar-refractivity contribution in [3.63, 3.8) is 0 Å². The fourth-order valence-corrected chi connectivity index (χ4v) is 5.46. The van der Waals surface area contributed by atoms with Crippen LogP contribution < -0.4 is 15.8 Å². The topological polar surface area (TPSA) is 75.8 Å². The van der Waals surface area contributed by atoms with Gasteiger partial charge < -0.3 is 25.3 Å². The molecule has 1 fully saturated rings. The van der Waals surface area contributed by atoms with Gasteiger partial charge in [0, 0.05) is 44.8 Å². The van der Waals surface area contributed by atoms with Crippen LogP contribution in [-0.4, -0.2) is 73.0 Å². The monoisotopic (exact) mass is 613 g/mol. The van der Waals surface area contributed by atoms with Crippen molar-refractivity contribution >= 4 is 30.7 Å². The van der Waals surface area contributed by atoms with Crippen LogP contribution in [0.5, 0.6) is 5.75 Å². The van der Waals surface area contributed by atoms with Gasteiger partial charge in [0.1, 0.15) is 11.4 Å². The molecule has 0 aliphatic carbocycles. The van der Waals surface area contributed by atoms with Crippen LogP contribution in [0.2, 0.25) is 0 Å². The van der Waals surface area contributed by atoms with Gasteiger partial charge in [-0.3, -0.25) is 9.69 Å². The maximum atomic E-state index is 13.0. The molecule has 1 aromatic heterocycles. The molecule has 1 atom stereocenters. The third-order valence-corrected chi connectivity index (χ3v) is 7.48. The molecule has 2 aliphatic heterocycles. The van der Waals surface area contributed by atoms with Crippen LogP contribution in [0.3, 0.4) is 0 Å². The number of nitrogens with two attached hydrogens (primary N) is 1. The molecule has 12 heteroatoms. The predicted molar refractivity (Wildman–Crippen MR) is 159 cm³/mol. The number of fused-ring (bicyclic) bond motifs is 1. The lowest BCUT2D eigenvalue weighted by atomic mass is 9.99. The lowest BCUT2D eigenvalue weighted by Gasteiger charge is -2.32. The van der Waals surface area contributed by atoms with Gasteiger partial charge in [0.25, 0.3) is 5.91 Å². The van der Waals surface area contributed by atoms with E-state index in [-0.39, 0.29) is 42.5 Å². The lowest BCUT2D eigenvalue weighted by Crippen LogP contribution is -2.43. The minimum absolute atomic E-state index is 0. The molecule has 1 amide bonds. The van der Waals surface area contributed by atoms with Crippen molar-refractivity contribution in [2.75, 3.05) is 46.3 Å². The molecule has 0 radical (unpaired) electrons. The summed E-state index contributed by atoms with van der Waals surface area (Å²) in [6.45, 7) is 5.96. The molecule has 3 aromatic rings. The molecule has 3 N–H and O–H groups in total. The summed E-state index contributed by atoms with van der Waals surface area (Å²) in [5.41, 5.74) is 10.4. The fraction of sp³-hybridized carbons (Fsp3) is 0.414. The number of piperazine rings is 1. The number of carbonyl (C=O) groups is 1. The summed E-state index contributed by atoms with van der Waals surface area (Å²) in [7, 11) is 2.13.